The Labute approximate surface area is 165 Å². The van der Waals surface area contributed by atoms with Gasteiger partial charge in [0.1, 0.15) is 5.82 Å². The molecule has 2 aromatic carbocycles. The fourth-order valence-electron chi connectivity index (χ4n) is 2.78. The molecule has 0 spiro atoms. The predicted molar refractivity (Wildman–Crippen MR) is 105 cm³/mol. The highest BCUT2D eigenvalue weighted by Gasteiger charge is 2.33. The minimum Gasteiger partial charge on any atom is -0.454 e. The third kappa shape index (κ3) is 3.88. The number of carbonyl (C=O) groups excluding carboxylic acids is 1. The molecule has 0 aromatic heterocycles. The summed E-state index contributed by atoms with van der Waals surface area (Å²) in [6.07, 6.45) is 1.66. The molecule has 0 saturated carbocycles. The van der Waals surface area contributed by atoms with Crippen LogP contribution in [0, 0.1) is 5.82 Å². The molecule has 0 aliphatic carbocycles. The quantitative estimate of drug-likeness (QED) is 0.715. The summed E-state index contributed by atoms with van der Waals surface area (Å²) < 4.78 is 29.3. The number of hydrogen-bond acceptors (Lipinski definition) is 6. The van der Waals surface area contributed by atoms with Crippen molar-refractivity contribution in [3.63, 3.8) is 0 Å². The van der Waals surface area contributed by atoms with Crippen LogP contribution in [-0.2, 0) is 9.53 Å². The predicted octanol–water partition coefficient (Wildman–Crippen LogP) is 3.80. The normalized spacial score (nSPS) is 18.5. The standard InChI is InChI=1S/C20H17FN2O4S/c1-25-8-7-23-19(24)18(10-13-3-2-4-14(21)9-13)28-20(23)22-15-5-6-16-17(11-15)27-12-26-16/h2-6,9-11H,7-8,12H2,1H3/b18-10+,22-20?. The molecule has 2 aromatic rings. The summed E-state index contributed by atoms with van der Waals surface area (Å²) in [5.41, 5.74) is 1.26. The van der Waals surface area contributed by atoms with E-state index in [1.54, 1.807) is 48.4 Å². The van der Waals surface area contributed by atoms with Crippen LogP contribution < -0.4 is 9.47 Å². The number of halogens is 1. The van der Waals surface area contributed by atoms with E-state index in [4.69, 9.17) is 14.2 Å². The maximum atomic E-state index is 13.5. The maximum Gasteiger partial charge on any atom is 0.266 e. The summed E-state index contributed by atoms with van der Waals surface area (Å²) >= 11 is 1.24. The van der Waals surface area contributed by atoms with E-state index in [0.717, 1.165) is 0 Å². The summed E-state index contributed by atoms with van der Waals surface area (Å²) in [6.45, 7) is 0.926. The molecule has 0 N–H and O–H groups in total. The number of hydrogen-bond donors (Lipinski definition) is 0. The van der Waals surface area contributed by atoms with Gasteiger partial charge in [-0.3, -0.25) is 9.69 Å². The number of benzene rings is 2. The van der Waals surface area contributed by atoms with Crippen molar-refractivity contribution in [2.75, 3.05) is 27.1 Å². The van der Waals surface area contributed by atoms with E-state index < -0.39 is 0 Å². The van der Waals surface area contributed by atoms with Gasteiger partial charge in [-0.1, -0.05) is 12.1 Å². The molecule has 1 fully saturated rings. The van der Waals surface area contributed by atoms with Gasteiger partial charge in [0.2, 0.25) is 6.79 Å². The summed E-state index contributed by atoms with van der Waals surface area (Å²) in [7, 11) is 1.58. The highest BCUT2D eigenvalue weighted by atomic mass is 32.2. The van der Waals surface area contributed by atoms with E-state index in [2.05, 4.69) is 4.99 Å². The summed E-state index contributed by atoms with van der Waals surface area (Å²) in [5.74, 6) is 0.748. The lowest BCUT2D eigenvalue weighted by atomic mass is 10.2. The molecule has 0 bridgehead atoms. The zero-order chi connectivity index (χ0) is 19.5. The van der Waals surface area contributed by atoms with Crippen LogP contribution in [0.25, 0.3) is 6.08 Å². The summed E-state index contributed by atoms with van der Waals surface area (Å²) in [6, 6.07) is 11.5. The zero-order valence-corrected chi connectivity index (χ0v) is 15.9. The number of aliphatic imine (C=N–C) groups is 1. The fourth-order valence-corrected chi connectivity index (χ4v) is 3.81. The zero-order valence-electron chi connectivity index (χ0n) is 15.1. The molecule has 2 heterocycles. The van der Waals surface area contributed by atoms with Crippen LogP contribution in [0.1, 0.15) is 5.56 Å². The Kier molecular flexibility index (Phi) is 5.31. The minimum absolute atomic E-state index is 0.184. The van der Waals surface area contributed by atoms with Crippen molar-refractivity contribution in [1.82, 2.24) is 4.90 Å². The van der Waals surface area contributed by atoms with Crippen molar-refractivity contribution in [2.45, 2.75) is 0 Å². The molecule has 6 nitrogen and oxygen atoms in total. The van der Waals surface area contributed by atoms with Crippen molar-refractivity contribution in [2.24, 2.45) is 4.99 Å². The van der Waals surface area contributed by atoms with Crippen molar-refractivity contribution in [1.29, 1.82) is 0 Å². The Hall–Kier alpha value is -2.84. The number of methoxy groups -OCH3 is 1. The minimum atomic E-state index is -0.352. The molecule has 0 atom stereocenters. The van der Waals surface area contributed by atoms with Crippen LogP contribution in [0.3, 0.4) is 0 Å². The summed E-state index contributed by atoms with van der Waals surface area (Å²) in [5, 5.41) is 0.531. The molecule has 2 aliphatic heterocycles. The number of amidine groups is 1. The van der Waals surface area contributed by atoms with E-state index in [9.17, 15) is 9.18 Å². The van der Waals surface area contributed by atoms with Gasteiger partial charge in [0.15, 0.2) is 16.7 Å². The number of ether oxygens (including phenoxy) is 3. The van der Waals surface area contributed by atoms with Crippen LogP contribution in [0.2, 0.25) is 0 Å². The first-order valence-electron chi connectivity index (χ1n) is 8.58. The second-order valence-corrected chi connectivity index (χ2v) is 7.06. The first-order valence-corrected chi connectivity index (χ1v) is 9.40. The van der Waals surface area contributed by atoms with Gasteiger partial charge >= 0.3 is 0 Å². The van der Waals surface area contributed by atoms with E-state index in [-0.39, 0.29) is 18.5 Å². The first-order chi connectivity index (χ1) is 13.6. The lowest BCUT2D eigenvalue weighted by molar-refractivity contribution is -0.122. The number of fused-ring (bicyclic) bond motifs is 1. The summed E-state index contributed by atoms with van der Waals surface area (Å²) in [4.78, 5) is 19.5. The topological polar surface area (TPSA) is 60.4 Å². The molecule has 8 heteroatoms. The van der Waals surface area contributed by atoms with Crippen molar-refractivity contribution in [3.05, 3.63) is 58.8 Å². The molecule has 0 radical (unpaired) electrons. The van der Waals surface area contributed by atoms with Gasteiger partial charge in [-0.15, -0.1) is 0 Å². The molecule has 4 rings (SSSR count). The average molecular weight is 400 g/mol. The van der Waals surface area contributed by atoms with E-state index in [1.807, 2.05) is 0 Å². The Morgan fingerprint density at radius 3 is 2.93 bits per heavy atom. The average Bonchev–Trinajstić information content (AvgIpc) is 3.25. The Morgan fingerprint density at radius 1 is 1.25 bits per heavy atom. The Bertz CT molecular complexity index is 976. The van der Waals surface area contributed by atoms with Gasteiger partial charge < -0.3 is 14.2 Å². The lowest BCUT2D eigenvalue weighted by Gasteiger charge is -2.14. The third-order valence-corrected chi connectivity index (χ3v) is 5.14. The first kappa shape index (κ1) is 18.5. The molecule has 1 saturated heterocycles. The Morgan fingerprint density at radius 2 is 2.11 bits per heavy atom. The number of carbonyl (C=O) groups is 1. The van der Waals surface area contributed by atoms with Crippen LogP contribution in [-0.4, -0.2) is 43.0 Å². The van der Waals surface area contributed by atoms with E-state index >= 15 is 0 Å². The van der Waals surface area contributed by atoms with Crippen LogP contribution in [0.15, 0.2) is 52.4 Å². The van der Waals surface area contributed by atoms with Gasteiger partial charge in [-0.05, 0) is 47.7 Å². The van der Waals surface area contributed by atoms with Gasteiger partial charge in [0.05, 0.1) is 23.7 Å². The molecule has 2 aliphatic rings. The monoisotopic (exact) mass is 400 g/mol. The smallest absolute Gasteiger partial charge is 0.266 e. The molecule has 28 heavy (non-hydrogen) atoms. The molecule has 1 amide bonds. The third-order valence-electron chi connectivity index (χ3n) is 4.13. The molecule has 144 valence electrons. The SMILES string of the molecule is COCCN1C(=O)/C(=C\c2cccc(F)c2)SC1=Nc1ccc2c(c1)OCO2. The van der Waals surface area contributed by atoms with Gasteiger partial charge in [-0.2, -0.15) is 0 Å². The highest BCUT2D eigenvalue weighted by Crippen LogP contribution is 2.38. The van der Waals surface area contributed by atoms with Crippen LogP contribution in [0.4, 0.5) is 10.1 Å². The lowest BCUT2D eigenvalue weighted by Crippen LogP contribution is -2.32. The van der Waals surface area contributed by atoms with Gasteiger partial charge in [0.25, 0.3) is 5.91 Å². The number of amides is 1. The molecular formula is C20H17FN2O4S. The van der Waals surface area contributed by atoms with Crippen molar-refractivity contribution < 1.29 is 23.4 Å². The molecular weight excluding hydrogens is 383 g/mol. The van der Waals surface area contributed by atoms with Gasteiger partial charge in [-0.25, -0.2) is 9.38 Å². The van der Waals surface area contributed by atoms with E-state index in [1.165, 1.54) is 23.9 Å². The number of thioether (sulfide) groups is 1. The molecule has 0 unspecified atom stereocenters. The Balaban J connectivity index is 1.65. The van der Waals surface area contributed by atoms with Crippen LogP contribution in [0.5, 0.6) is 11.5 Å². The van der Waals surface area contributed by atoms with E-state index in [0.29, 0.717) is 46.0 Å². The fraction of sp³-hybridized carbons (Fsp3) is 0.200. The van der Waals surface area contributed by atoms with Gasteiger partial charge in [0, 0.05) is 13.2 Å². The highest BCUT2D eigenvalue weighted by molar-refractivity contribution is 8.18. The van der Waals surface area contributed by atoms with Crippen LogP contribution >= 0.6 is 11.8 Å². The maximum absolute atomic E-state index is 13.5. The van der Waals surface area contributed by atoms with Crippen molar-refractivity contribution in [3.8, 4) is 11.5 Å². The number of nitrogens with zero attached hydrogens (tertiary/aromatic N) is 2. The second kappa shape index (κ2) is 8.04. The largest absolute Gasteiger partial charge is 0.454 e. The van der Waals surface area contributed by atoms with Crippen molar-refractivity contribution >= 4 is 34.6 Å². The number of rotatable bonds is 5. The second-order valence-electron chi connectivity index (χ2n) is 6.05.